The zero-order chi connectivity index (χ0) is 23.0. The molecule has 34 heavy (non-hydrogen) atoms. The van der Waals surface area contributed by atoms with Gasteiger partial charge < -0.3 is 19.9 Å². The fourth-order valence-corrected chi connectivity index (χ4v) is 3.50. The molecule has 5 aromatic rings. The number of aromatic amines is 4. The van der Waals surface area contributed by atoms with Gasteiger partial charge in [-0.25, -0.2) is 9.97 Å². The summed E-state index contributed by atoms with van der Waals surface area (Å²) in [6.45, 7) is 0. The Morgan fingerprint density at radius 1 is 0.412 bits per heavy atom. The van der Waals surface area contributed by atoms with E-state index < -0.39 is 0 Å². The molecular formula is C28H24N6. The lowest BCUT2D eigenvalue weighted by Gasteiger charge is -1.86. The van der Waals surface area contributed by atoms with Gasteiger partial charge in [-0.15, -0.1) is 0 Å². The summed E-state index contributed by atoms with van der Waals surface area (Å²) < 4.78 is 0. The van der Waals surface area contributed by atoms with E-state index >= 15 is 0 Å². The van der Waals surface area contributed by atoms with E-state index in [1.807, 2.05) is 91.6 Å². The number of hydrogen-bond acceptors (Lipinski definition) is 2. The Kier molecular flexibility index (Phi) is 6.30. The Labute approximate surface area is 196 Å². The van der Waals surface area contributed by atoms with Gasteiger partial charge in [-0.2, -0.15) is 0 Å². The summed E-state index contributed by atoms with van der Waals surface area (Å²) in [7, 11) is 0. The molecule has 0 unspecified atom stereocenters. The van der Waals surface area contributed by atoms with Gasteiger partial charge >= 0.3 is 0 Å². The van der Waals surface area contributed by atoms with Gasteiger partial charge in [0.2, 0.25) is 0 Å². The van der Waals surface area contributed by atoms with Gasteiger partial charge in [-0.05, 0) is 97.1 Å². The van der Waals surface area contributed by atoms with E-state index in [0.717, 1.165) is 44.8 Å². The number of fused-ring (bicyclic) bond motifs is 8. The van der Waals surface area contributed by atoms with Crippen molar-refractivity contribution in [3.05, 3.63) is 120 Å². The van der Waals surface area contributed by atoms with Crippen LogP contribution >= 0.6 is 0 Å². The van der Waals surface area contributed by atoms with Crippen molar-refractivity contribution < 1.29 is 0 Å². The summed E-state index contributed by atoms with van der Waals surface area (Å²) in [4.78, 5) is 21.7. The fraction of sp³-hybridized carbons (Fsp3) is 0. The quantitative estimate of drug-likeness (QED) is 0.210. The lowest BCUT2D eigenvalue weighted by atomic mass is 10.3. The van der Waals surface area contributed by atoms with Gasteiger partial charge in [0.05, 0.1) is 22.8 Å². The number of hydrogen-bond donors (Lipinski definition) is 4. The third-order valence-corrected chi connectivity index (χ3v) is 5.03. The summed E-state index contributed by atoms with van der Waals surface area (Å²) in [5.41, 5.74) is 7.86. The predicted molar refractivity (Wildman–Crippen MR) is 140 cm³/mol. The van der Waals surface area contributed by atoms with Crippen LogP contribution in [0.25, 0.3) is 46.4 Å². The maximum absolute atomic E-state index is 4.62. The number of rotatable bonds is 0. The largest absolute Gasteiger partial charge is 0.368 e. The molecule has 0 saturated carbocycles. The van der Waals surface area contributed by atoms with Gasteiger partial charge in [-0.1, -0.05) is 0 Å². The average Bonchev–Trinajstić information content (AvgIpc) is 3.65. The zero-order valence-corrected chi connectivity index (χ0v) is 18.4. The van der Waals surface area contributed by atoms with Crippen LogP contribution in [-0.4, -0.2) is 29.9 Å². The molecule has 6 nitrogen and oxygen atoms in total. The smallest absolute Gasteiger partial charge is 0.0659 e. The highest BCUT2D eigenvalue weighted by Crippen LogP contribution is 2.17. The van der Waals surface area contributed by atoms with Crippen molar-refractivity contribution in [3.63, 3.8) is 0 Å². The Hall–Kier alpha value is -4.84. The van der Waals surface area contributed by atoms with E-state index in [9.17, 15) is 0 Å². The molecule has 0 amide bonds. The molecule has 2 aliphatic heterocycles. The second-order valence-electron chi connectivity index (χ2n) is 7.67. The summed E-state index contributed by atoms with van der Waals surface area (Å²) >= 11 is 0. The first-order chi connectivity index (χ1) is 16.8. The van der Waals surface area contributed by atoms with Gasteiger partial charge in [0.15, 0.2) is 0 Å². The number of nitrogens with one attached hydrogen (secondary N) is 4. The van der Waals surface area contributed by atoms with Crippen LogP contribution in [0, 0.1) is 0 Å². The topological polar surface area (TPSA) is 88.9 Å². The van der Waals surface area contributed by atoms with Gasteiger partial charge in [0, 0.05) is 46.9 Å². The van der Waals surface area contributed by atoms with Gasteiger partial charge in [0.1, 0.15) is 0 Å². The van der Waals surface area contributed by atoms with Crippen molar-refractivity contribution in [1.29, 1.82) is 0 Å². The molecule has 0 atom stereocenters. The molecule has 166 valence electrons. The highest BCUT2D eigenvalue weighted by molar-refractivity contribution is 5.77. The van der Waals surface area contributed by atoms with Crippen LogP contribution in [0.15, 0.2) is 97.6 Å². The zero-order valence-electron chi connectivity index (χ0n) is 18.4. The first kappa shape index (κ1) is 21.0. The van der Waals surface area contributed by atoms with Gasteiger partial charge in [0.25, 0.3) is 0 Å². The van der Waals surface area contributed by atoms with Crippen LogP contribution in [-0.2, 0) is 0 Å². The van der Waals surface area contributed by atoms with E-state index in [1.54, 1.807) is 0 Å². The van der Waals surface area contributed by atoms with Crippen molar-refractivity contribution >= 4 is 46.4 Å². The monoisotopic (exact) mass is 444 g/mol. The summed E-state index contributed by atoms with van der Waals surface area (Å²) in [5, 5.41) is 0. The minimum atomic E-state index is 0.915. The lowest BCUT2D eigenvalue weighted by molar-refractivity contribution is 1.28. The third kappa shape index (κ3) is 5.69. The molecule has 0 fully saturated rings. The SMILES string of the molecule is C1=Cc2cc3ccc(cc4ccc(cc5nc(cc1n2)C=C5)[nH]4)[nH]3.c1cc[nH]c1.c1cc[nH]c1. The first-order valence-electron chi connectivity index (χ1n) is 11.0. The molecule has 5 aromatic heterocycles. The van der Waals surface area contributed by atoms with E-state index in [4.69, 9.17) is 0 Å². The van der Waals surface area contributed by atoms with Crippen LogP contribution in [0.5, 0.6) is 0 Å². The van der Waals surface area contributed by atoms with Crippen LogP contribution in [0.1, 0.15) is 22.8 Å². The van der Waals surface area contributed by atoms with E-state index in [1.165, 1.54) is 0 Å². The summed E-state index contributed by atoms with van der Waals surface area (Å²) in [6, 6.07) is 24.2. The molecule has 7 heterocycles. The molecule has 4 N–H and O–H groups in total. The molecule has 0 saturated heterocycles. The van der Waals surface area contributed by atoms with Crippen LogP contribution in [0.2, 0.25) is 0 Å². The van der Waals surface area contributed by atoms with Crippen LogP contribution in [0.3, 0.4) is 0 Å². The second kappa shape index (κ2) is 10.2. The first-order valence-corrected chi connectivity index (χ1v) is 11.0. The van der Waals surface area contributed by atoms with E-state index in [0.29, 0.717) is 0 Å². The van der Waals surface area contributed by atoms with Gasteiger partial charge in [-0.3, -0.25) is 0 Å². The van der Waals surface area contributed by atoms with Crippen LogP contribution < -0.4 is 0 Å². The van der Waals surface area contributed by atoms with Crippen molar-refractivity contribution in [3.8, 4) is 0 Å². The molecule has 6 heteroatoms. The Morgan fingerprint density at radius 2 is 0.765 bits per heavy atom. The fourth-order valence-electron chi connectivity index (χ4n) is 3.50. The highest BCUT2D eigenvalue weighted by Gasteiger charge is 2.02. The number of aromatic nitrogens is 6. The third-order valence-electron chi connectivity index (χ3n) is 5.03. The minimum absolute atomic E-state index is 0.915. The predicted octanol–water partition coefficient (Wildman–Crippen LogP) is 6.69. The summed E-state index contributed by atoms with van der Waals surface area (Å²) in [6.07, 6.45) is 15.5. The molecule has 0 spiro atoms. The maximum Gasteiger partial charge on any atom is 0.0659 e. The van der Waals surface area contributed by atoms with Crippen molar-refractivity contribution in [2.45, 2.75) is 0 Å². The Balaban J connectivity index is 0.000000199. The van der Waals surface area contributed by atoms with Crippen molar-refractivity contribution in [2.75, 3.05) is 0 Å². The number of nitrogens with zero attached hydrogens (tertiary/aromatic N) is 2. The lowest BCUT2D eigenvalue weighted by Crippen LogP contribution is -1.77. The molecule has 0 radical (unpaired) electrons. The second-order valence-corrected chi connectivity index (χ2v) is 7.67. The maximum atomic E-state index is 4.62. The molecule has 8 bridgehead atoms. The average molecular weight is 445 g/mol. The highest BCUT2D eigenvalue weighted by atomic mass is 14.8. The summed E-state index contributed by atoms with van der Waals surface area (Å²) in [5.74, 6) is 0. The molecular weight excluding hydrogens is 420 g/mol. The molecule has 7 rings (SSSR count). The normalized spacial score (nSPS) is 11.3. The van der Waals surface area contributed by atoms with Crippen molar-refractivity contribution in [2.24, 2.45) is 0 Å². The van der Waals surface area contributed by atoms with E-state index in [-0.39, 0.29) is 0 Å². The Morgan fingerprint density at radius 3 is 1.12 bits per heavy atom. The van der Waals surface area contributed by atoms with Crippen LogP contribution in [0.4, 0.5) is 0 Å². The van der Waals surface area contributed by atoms with Crippen molar-refractivity contribution in [1.82, 2.24) is 29.9 Å². The molecule has 0 aromatic carbocycles. The standard InChI is InChI=1S/C20H14N4.2C4H5N/c1-2-14-10-16-5-6-18(23-16)12-20-8-7-19(24-20)11-17-4-3-15(22-17)9-13(1)21-14;2*1-2-4-5-3-1/h1-12,21-22H;2*1-5H. The Bertz CT molecular complexity index is 1400. The van der Waals surface area contributed by atoms with E-state index in [2.05, 4.69) is 60.2 Å². The minimum Gasteiger partial charge on any atom is -0.368 e. The number of H-pyrrole nitrogens is 4. The molecule has 0 aliphatic carbocycles. The molecule has 2 aliphatic rings.